The van der Waals surface area contributed by atoms with Crippen LogP contribution in [0.15, 0.2) is 54.9 Å². The highest BCUT2D eigenvalue weighted by Gasteiger charge is 2.19. The highest BCUT2D eigenvalue weighted by Crippen LogP contribution is 2.21. The first-order chi connectivity index (χ1) is 17.1. The van der Waals surface area contributed by atoms with E-state index in [1.165, 1.54) is 5.56 Å². The maximum absolute atomic E-state index is 12.3. The first-order valence-electron chi connectivity index (χ1n) is 11.8. The Labute approximate surface area is 203 Å². The number of benzene rings is 1. The lowest BCUT2D eigenvalue weighted by atomic mass is 10.1. The summed E-state index contributed by atoms with van der Waals surface area (Å²) in [6.45, 7) is 4.91. The predicted molar refractivity (Wildman–Crippen MR) is 133 cm³/mol. The third-order valence-corrected chi connectivity index (χ3v) is 6.08. The molecule has 8 bridgehead atoms. The average molecular weight is 473 g/mol. The standard InChI is InChI=1S/C25H28N8O2/c34-23-7-9-26-24(35)17-33-12-10-32(11-13-33)16-18-2-1-3-20(14-18)29-25-27-8-6-21(30-25)19-4-5-22(31-23)28-15-19/h1-6,8,14-15H,7,9-13,16-17H2,(H,26,35)(H,27,29,30)(H,28,31,34). The van der Waals surface area contributed by atoms with Gasteiger partial charge in [-0.2, -0.15) is 0 Å². The molecule has 0 unspecified atom stereocenters. The molecule has 3 N–H and O–H groups in total. The Balaban J connectivity index is 1.37. The zero-order chi connectivity index (χ0) is 24.0. The minimum Gasteiger partial charge on any atom is -0.354 e. The van der Waals surface area contributed by atoms with Crippen LogP contribution in [0.5, 0.6) is 0 Å². The SMILES string of the molecule is O=C1CN2CCN(CC2)Cc2cccc(c2)Nc2nccc(n2)-c2ccc(nc2)NC(=O)CCN1. The van der Waals surface area contributed by atoms with Gasteiger partial charge in [-0.05, 0) is 35.9 Å². The first kappa shape index (κ1) is 22.9. The largest absolute Gasteiger partial charge is 0.354 e. The maximum Gasteiger partial charge on any atom is 0.234 e. The third kappa shape index (κ3) is 6.17. The summed E-state index contributed by atoms with van der Waals surface area (Å²) in [7, 11) is 0. The summed E-state index contributed by atoms with van der Waals surface area (Å²) in [6, 6.07) is 13.7. The summed E-state index contributed by atoms with van der Waals surface area (Å²) in [5.41, 5.74) is 3.66. The van der Waals surface area contributed by atoms with Gasteiger partial charge in [-0.3, -0.25) is 19.4 Å². The lowest BCUT2D eigenvalue weighted by molar-refractivity contribution is -0.122. The van der Waals surface area contributed by atoms with Crippen LogP contribution in [0.3, 0.4) is 0 Å². The molecule has 35 heavy (non-hydrogen) atoms. The van der Waals surface area contributed by atoms with E-state index in [-0.39, 0.29) is 24.8 Å². The molecular formula is C25H28N8O2. The molecule has 5 aliphatic heterocycles. The molecule has 0 aliphatic carbocycles. The van der Waals surface area contributed by atoms with Crippen LogP contribution in [0.1, 0.15) is 12.0 Å². The van der Waals surface area contributed by atoms with E-state index in [0.29, 0.717) is 18.3 Å². The molecule has 180 valence electrons. The number of carbonyl (C=O) groups excluding carboxylic acids is 2. The van der Waals surface area contributed by atoms with Crippen molar-refractivity contribution >= 4 is 29.3 Å². The van der Waals surface area contributed by atoms with E-state index in [9.17, 15) is 9.59 Å². The summed E-state index contributed by atoms with van der Waals surface area (Å²) < 4.78 is 0. The molecule has 8 rings (SSSR count). The van der Waals surface area contributed by atoms with E-state index in [4.69, 9.17) is 0 Å². The van der Waals surface area contributed by atoms with Gasteiger partial charge in [0.25, 0.3) is 0 Å². The van der Waals surface area contributed by atoms with Crippen LogP contribution in [-0.2, 0) is 16.1 Å². The summed E-state index contributed by atoms with van der Waals surface area (Å²) >= 11 is 0. The molecule has 0 spiro atoms. The smallest absolute Gasteiger partial charge is 0.234 e. The molecule has 5 aliphatic rings. The zero-order valence-electron chi connectivity index (χ0n) is 19.4. The molecular weight excluding hydrogens is 444 g/mol. The second kappa shape index (κ2) is 10.6. The van der Waals surface area contributed by atoms with Crippen molar-refractivity contribution in [3.63, 3.8) is 0 Å². The summed E-state index contributed by atoms with van der Waals surface area (Å²) in [5, 5.41) is 8.91. The van der Waals surface area contributed by atoms with Gasteiger partial charge < -0.3 is 16.0 Å². The van der Waals surface area contributed by atoms with Crippen molar-refractivity contribution in [2.24, 2.45) is 0 Å². The molecule has 10 heteroatoms. The Hall–Kier alpha value is -3.89. The van der Waals surface area contributed by atoms with Crippen molar-refractivity contribution in [1.29, 1.82) is 0 Å². The lowest BCUT2D eigenvalue weighted by Crippen LogP contribution is -2.49. The molecule has 0 radical (unpaired) electrons. The molecule has 1 fully saturated rings. The monoisotopic (exact) mass is 472 g/mol. The third-order valence-electron chi connectivity index (χ3n) is 6.08. The second-order valence-corrected chi connectivity index (χ2v) is 8.72. The topological polar surface area (TPSA) is 115 Å². The number of aromatic nitrogens is 3. The summed E-state index contributed by atoms with van der Waals surface area (Å²) in [6.07, 6.45) is 3.56. The maximum atomic E-state index is 12.3. The van der Waals surface area contributed by atoms with Crippen LogP contribution in [0.4, 0.5) is 17.5 Å². The summed E-state index contributed by atoms with van der Waals surface area (Å²) in [5.74, 6) is 0.688. The quantitative estimate of drug-likeness (QED) is 0.454. The Morgan fingerprint density at radius 2 is 1.66 bits per heavy atom. The van der Waals surface area contributed by atoms with Crippen molar-refractivity contribution in [1.82, 2.24) is 30.1 Å². The van der Waals surface area contributed by atoms with Crippen LogP contribution < -0.4 is 16.0 Å². The highest BCUT2D eigenvalue weighted by molar-refractivity contribution is 5.90. The van der Waals surface area contributed by atoms with Gasteiger partial charge in [0.2, 0.25) is 17.8 Å². The van der Waals surface area contributed by atoms with Crippen LogP contribution in [0, 0.1) is 0 Å². The number of amides is 2. The normalized spacial score (nSPS) is 21.0. The number of hydrogen-bond acceptors (Lipinski definition) is 8. The Bertz CT molecular complexity index is 1190. The van der Waals surface area contributed by atoms with Crippen molar-refractivity contribution < 1.29 is 9.59 Å². The Morgan fingerprint density at radius 1 is 0.829 bits per heavy atom. The molecule has 7 heterocycles. The summed E-state index contributed by atoms with van der Waals surface area (Å²) in [4.78, 5) is 42.4. The first-order valence-corrected chi connectivity index (χ1v) is 11.8. The van der Waals surface area contributed by atoms with Crippen LogP contribution in [0.2, 0.25) is 0 Å². The van der Waals surface area contributed by atoms with E-state index in [0.717, 1.165) is 49.7 Å². The van der Waals surface area contributed by atoms with Gasteiger partial charge in [0.1, 0.15) is 5.82 Å². The van der Waals surface area contributed by atoms with E-state index in [2.05, 4.69) is 52.8 Å². The van der Waals surface area contributed by atoms with E-state index >= 15 is 0 Å². The van der Waals surface area contributed by atoms with Gasteiger partial charge in [-0.15, -0.1) is 0 Å². The number of rotatable bonds is 0. The molecule has 0 saturated carbocycles. The van der Waals surface area contributed by atoms with Crippen molar-refractivity contribution in [2.45, 2.75) is 13.0 Å². The van der Waals surface area contributed by atoms with E-state index in [1.807, 2.05) is 24.3 Å². The molecule has 3 aromatic rings. The lowest BCUT2D eigenvalue weighted by Gasteiger charge is -2.34. The minimum absolute atomic E-state index is 0.0613. The average Bonchev–Trinajstić information content (AvgIpc) is 2.86. The minimum atomic E-state index is -0.201. The van der Waals surface area contributed by atoms with Gasteiger partial charge in [-0.25, -0.2) is 15.0 Å². The molecule has 2 amide bonds. The Kier molecular flexibility index (Phi) is 6.92. The van der Waals surface area contributed by atoms with E-state index in [1.54, 1.807) is 18.5 Å². The predicted octanol–water partition coefficient (Wildman–Crippen LogP) is 1.86. The van der Waals surface area contributed by atoms with Crippen LogP contribution in [0.25, 0.3) is 11.3 Å². The molecule has 10 nitrogen and oxygen atoms in total. The van der Waals surface area contributed by atoms with Crippen molar-refractivity contribution in [3.8, 4) is 11.3 Å². The molecule has 2 aromatic heterocycles. The zero-order valence-corrected chi connectivity index (χ0v) is 19.4. The van der Waals surface area contributed by atoms with Gasteiger partial charge in [-0.1, -0.05) is 12.1 Å². The fourth-order valence-electron chi connectivity index (χ4n) is 4.22. The number of hydrogen-bond donors (Lipinski definition) is 3. The number of nitrogens with zero attached hydrogens (tertiary/aromatic N) is 5. The highest BCUT2D eigenvalue weighted by atomic mass is 16.2. The van der Waals surface area contributed by atoms with Crippen LogP contribution >= 0.6 is 0 Å². The van der Waals surface area contributed by atoms with Crippen LogP contribution in [-0.4, -0.2) is 75.8 Å². The Morgan fingerprint density at radius 3 is 2.46 bits per heavy atom. The van der Waals surface area contributed by atoms with Gasteiger partial charge in [0.05, 0.1) is 12.2 Å². The number of nitrogens with one attached hydrogen (secondary N) is 3. The molecule has 0 atom stereocenters. The number of carbonyl (C=O) groups is 2. The number of pyridine rings is 1. The number of anilines is 3. The number of piperazine rings is 1. The molecule has 1 aromatic carbocycles. The fourth-order valence-corrected chi connectivity index (χ4v) is 4.22. The van der Waals surface area contributed by atoms with Gasteiger partial charge in [0, 0.05) is 69.3 Å². The van der Waals surface area contributed by atoms with Crippen molar-refractivity contribution in [2.75, 3.05) is 49.9 Å². The van der Waals surface area contributed by atoms with Gasteiger partial charge >= 0.3 is 0 Å². The van der Waals surface area contributed by atoms with Crippen molar-refractivity contribution in [3.05, 3.63) is 60.4 Å². The van der Waals surface area contributed by atoms with Gasteiger partial charge in [0.15, 0.2) is 0 Å². The second-order valence-electron chi connectivity index (χ2n) is 8.72. The van der Waals surface area contributed by atoms with E-state index < -0.39 is 0 Å². The fraction of sp³-hybridized carbons (Fsp3) is 0.320. The molecule has 1 saturated heterocycles.